The summed E-state index contributed by atoms with van der Waals surface area (Å²) >= 11 is 0. The van der Waals surface area contributed by atoms with Gasteiger partial charge in [0.15, 0.2) is 0 Å². The van der Waals surface area contributed by atoms with E-state index in [0.717, 1.165) is 25.9 Å². The maximum atomic E-state index is 11.4. The van der Waals surface area contributed by atoms with Crippen LogP contribution in [0.1, 0.15) is 19.8 Å². The summed E-state index contributed by atoms with van der Waals surface area (Å²) in [5.41, 5.74) is 5.40. The van der Waals surface area contributed by atoms with Crippen LogP contribution in [0.4, 0.5) is 0 Å². The molecule has 0 aromatic heterocycles. The molecule has 17 heavy (non-hydrogen) atoms. The van der Waals surface area contributed by atoms with E-state index in [1.54, 1.807) is 6.92 Å². The van der Waals surface area contributed by atoms with Crippen LogP contribution in [0.15, 0.2) is 12.7 Å². The Kier molecular flexibility index (Phi) is 3.25. The Hall–Kier alpha value is -0.910. The first-order valence-corrected chi connectivity index (χ1v) is 6.12. The summed E-state index contributed by atoms with van der Waals surface area (Å²) in [5, 5.41) is 13.2. The molecule has 0 aromatic carbocycles. The number of nitrogens with two attached hydrogens (primary N) is 1. The maximum absolute atomic E-state index is 11.4. The lowest BCUT2D eigenvalue weighted by Gasteiger charge is -2.57. The van der Waals surface area contributed by atoms with E-state index in [0.29, 0.717) is 0 Å². The minimum atomic E-state index is -0.756. The van der Waals surface area contributed by atoms with E-state index in [2.05, 4.69) is 11.9 Å². The van der Waals surface area contributed by atoms with Gasteiger partial charge in [0.1, 0.15) is 6.04 Å². The third-order valence-corrected chi connectivity index (χ3v) is 3.99. The molecule has 5 nitrogen and oxygen atoms in total. The van der Waals surface area contributed by atoms with Crippen LogP contribution in [0.5, 0.6) is 0 Å². The summed E-state index contributed by atoms with van der Waals surface area (Å²) in [6.07, 6.45) is 3.33. The van der Waals surface area contributed by atoms with Crippen LogP contribution in [-0.2, 0) is 4.79 Å². The molecule has 0 saturated carbocycles. The number of nitrogens with one attached hydrogen (secondary N) is 1. The largest absolute Gasteiger partial charge is 0.391 e. The van der Waals surface area contributed by atoms with Gasteiger partial charge in [-0.1, -0.05) is 6.08 Å². The molecule has 2 saturated heterocycles. The van der Waals surface area contributed by atoms with Crippen molar-refractivity contribution < 1.29 is 9.90 Å². The van der Waals surface area contributed by atoms with E-state index in [-0.39, 0.29) is 11.6 Å². The second-order valence-electron chi connectivity index (χ2n) is 5.13. The van der Waals surface area contributed by atoms with Crippen molar-refractivity contribution in [3.63, 3.8) is 0 Å². The first-order chi connectivity index (χ1) is 8.02. The van der Waals surface area contributed by atoms with Crippen molar-refractivity contribution in [3.05, 3.63) is 12.7 Å². The molecule has 4 N–H and O–H groups in total. The smallest absolute Gasteiger partial charge is 0.237 e. The molecule has 2 aliphatic rings. The quantitative estimate of drug-likeness (QED) is 0.562. The van der Waals surface area contributed by atoms with Gasteiger partial charge in [-0.2, -0.15) is 0 Å². The van der Waals surface area contributed by atoms with Crippen LogP contribution in [0.2, 0.25) is 0 Å². The molecule has 2 heterocycles. The van der Waals surface area contributed by atoms with Gasteiger partial charge in [-0.05, 0) is 26.3 Å². The van der Waals surface area contributed by atoms with Crippen molar-refractivity contribution >= 4 is 5.91 Å². The molecule has 0 aliphatic carbocycles. The van der Waals surface area contributed by atoms with E-state index in [4.69, 9.17) is 5.73 Å². The normalized spacial score (nSPS) is 36.5. The maximum Gasteiger partial charge on any atom is 0.237 e. The number of nitrogens with zero attached hydrogens (tertiary/aromatic N) is 1. The second kappa shape index (κ2) is 4.40. The van der Waals surface area contributed by atoms with Gasteiger partial charge in [-0.15, -0.1) is 6.58 Å². The van der Waals surface area contributed by atoms with Crippen molar-refractivity contribution in [1.29, 1.82) is 0 Å². The number of hydrogen-bond acceptors (Lipinski definition) is 4. The van der Waals surface area contributed by atoms with Gasteiger partial charge in [0.2, 0.25) is 5.91 Å². The highest BCUT2D eigenvalue weighted by Gasteiger charge is 2.55. The zero-order chi connectivity index (χ0) is 12.6. The van der Waals surface area contributed by atoms with Crippen LogP contribution in [0.3, 0.4) is 0 Å². The molecule has 2 rings (SSSR count). The number of primary amides is 1. The van der Waals surface area contributed by atoms with Crippen LogP contribution in [0, 0.1) is 0 Å². The number of carbonyl (C=O) groups is 1. The third-order valence-electron chi connectivity index (χ3n) is 3.99. The van der Waals surface area contributed by atoms with Gasteiger partial charge in [0.25, 0.3) is 0 Å². The Balaban J connectivity index is 2.13. The van der Waals surface area contributed by atoms with Crippen molar-refractivity contribution in [2.45, 2.75) is 43.5 Å². The predicted molar refractivity (Wildman–Crippen MR) is 65.3 cm³/mol. The lowest BCUT2D eigenvalue weighted by molar-refractivity contribution is -0.136. The Morgan fingerprint density at radius 2 is 2.47 bits per heavy atom. The summed E-state index contributed by atoms with van der Waals surface area (Å²) in [5.74, 6) is -0.473. The number of amides is 1. The monoisotopic (exact) mass is 239 g/mol. The van der Waals surface area contributed by atoms with Gasteiger partial charge in [0.05, 0.1) is 11.6 Å². The molecule has 4 atom stereocenters. The molecule has 2 aliphatic heterocycles. The molecular formula is C12H21N3O2. The number of rotatable bonds is 4. The summed E-state index contributed by atoms with van der Waals surface area (Å²) < 4.78 is 0. The first kappa shape index (κ1) is 12.5. The average Bonchev–Trinajstić information content (AvgIpc) is 2.67. The lowest BCUT2D eigenvalue weighted by Crippen LogP contribution is -2.77. The van der Waals surface area contributed by atoms with Crippen LogP contribution < -0.4 is 11.1 Å². The van der Waals surface area contributed by atoms with Crippen molar-refractivity contribution in [2.24, 2.45) is 5.73 Å². The Morgan fingerprint density at radius 3 is 2.88 bits per heavy atom. The third kappa shape index (κ3) is 1.88. The summed E-state index contributed by atoms with van der Waals surface area (Å²) in [6, 6.07) is -0.539. The highest BCUT2D eigenvalue weighted by Crippen LogP contribution is 2.39. The topological polar surface area (TPSA) is 78.6 Å². The van der Waals surface area contributed by atoms with Crippen molar-refractivity contribution in [1.82, 2.24) is 10.2 Å². The Bertz CT molecular complexity index is 324. The van der Waals surface area contributed by atoms with Crippen LogP contribution >= 0.6 is 0 Å². The molecule has 0 aromatic rings. The fourth-order valence-electron chi connectivity index (χ4n) is 3.25. The number of aliphatic hydroxyl groups is 1. The predicted octanol–water partition coefficient (Wildman–Crippen LogP) is -0.786. The van der Waals surface area contributed by atoms with Gasteiger partial charge < -0.3 is 16.2 Å². The van der Waals surface area contributed by atoms with Gasteiger partial charge in [0, 0.05) is 12.6 Å². The standard InChI is InChI=1S/C12H21N3O2/c1-3-9-12(5-4-6-14-12)7-15(9)10(8(2)16)11(13)17/h3,8-10,14,16H,1,4-7H2,2H3,(H2,13,17)/t8-,9?,10+,12?/m1/s1. The number of hydrogen-bond donors (Lipinski definition) is 3. The van der Waals surface area contributed by atoms with E-state index < -0.39 is 18.1 Å². The highest BCUT2D eigenvalue weighted by molar-refractivity contribution is 5.80. The van der Waals surface area contributed by atoms with Crippen LogP contribution in [0.25, 0.3) is 0 Å². The minimum absolute atomic E-state index is 0.0460. The second-order valence-corrected chi connectivity index (χ2v) is 5.13. The molecule has 0 bridgehead atoms. The zero-order valence-electron chi connectivity index (χ0n) is 10.2. The zero-order valence-corrected chi connectivity index (χ0v) is 10.2. The molecular weight excluding hydrogens is 218 g/mol. The van der Waals surface area contributed by atoms with Crippen molar-refractivity contribution in [2.75, 3.05) is 13.1 Å². The Morgan fingerprint density at radius 1 is 1.76 bits per heavy atom. The fourth-order valence-corrected chi connectivity index (χ4v) is 3.25. The van der Waals surface area contributed by atoms with E-state index in [1.165, 1.54) is 0 Å². The molecule has 0 radical (unpaired) electrons. The first-order valence-electron chi connectivity index (χ1n) is 6.12. The molecule has 5 heteroatoms. The molecule has 2 unspecified atom stereocenters. The SMILES string of the molecule is C=CC1N([C@H](C(N)=O)[C@@H](C)O)CC12CCCN2. The number of aliphatic hydroxyl groups excluding tert-OH is 1. The molecule has 1 amide bonds. The summed E-state index contributed by atoms with van der Waals surface area (Å²) in [7, 11) is 0. The van der Waals surface area contributed by atoms with E-state index >= 15 is 0 Å². The van der Waals surface area contributed by atoms with Gasteiger partial charge >= 0.3 is 0 Å². The van der Waals surface area contributed by atoms with Gasteiger partial charge in [-0.25, -0.2) is 0 Å². The number of carbonyl (C=O) groups excluding carboxylic acids is 1. The number of likely N-dealkylation sites (tertiary alicyclic amines) is 1. The minimum Gasteiger partial charge on any atom is -0.391 e. The fraction of sp³-hybridized carbons (Fsp3) is 0.750. The van der Waals surface area contributed by atoms with Gasteiger partial charge in [-0.3, -0.25) is 9.69 Å². The van der Waals surface area contributed by atoms with E-state index in [9.17, 15) is 9.90 Å². The average molecular weight is 239 g/mol. The highest BCUT2D eigenvalue weighted by atomic mass is 16.3. The van der Waals surface area contributed by atoms with Crippen LogP contribution in [-0.4, -0.2) is 52.7 Å². The van der Waals surface area contributed by atoms with E-state index in [1.807, 2.05) is 11.0 Å². The lowest BCUT2D eigenvalue weighted by atomic mass is 9.77. The molecule has 96 valence electrons. The Labute approximate surface area is 102 Å². The summed E-state index contributed by atoms with van der Waals surface area (Å²) in [6.45, 7) is 7.20. The summed E-state index contributed by atoms with van der Waals surface area (Å²) in [4.78, 5) is 13.3. The molecule has 2 fully saturated rings. The van der Waals surface area contributed by atoms with Crippen molar-refractivity contribution in [3.8, 4) is 0 Å². The molecule has 1 spiro atoms.